The van der Waals surface area contributed by atoms with Gasteiger partial charge in [0, 0.05) is 29.9 Å². The highest BCUT2D eigenvalue weighted by Crippen LogP contribution is 2.32. The number of benzene rings is 2. The van der Waals surface area contributed by atoms with Gasteiger partial charge in [0.1, 0.15) is 0 Å². The van der Waals surface area contributed by atoms with Gasteiger partial charge in [0.2, 0.25) is 0 Å². The summed E-state index contributed by atoms with van der Waals surface area (Å²) in [5.74, 6) is 0.0711. The van der Waals surface area contributed by atoms with Crippen molar-refractivity contribution in [2.45, 2.75) is 30.6 Å². The minimum Gasteiger partial charge on any atom is -0.338 e. The largest absolute Gasteiger partial charge is 0.338 e. The van der Waals surface area contributed by atoms with Crippen LogP contribution in [0.25, 0.3) is 10.1 Å². The molecular weight excluding hydrogens is 440 g/mol. The van der Waals surface area contributed by atoms with Gasteiger partial charge in [0.05, 0.1) is 15.5 Å². The molecule has 1 saturated heterocycles. The monoisotopic (exact) mass is 462 g/mol. The minimum absolute atomic E-state index is 0.0711. The SMILES string of the molecule is CN(c1ccc2sc(C(=O)N3CCCCCC3)cc2c1)S(=O)(=O)c1ccc(Cl)cc1. The number of likely N-dealkylation sites (tertiary alicyclic amines) is 1. The molecule has 0 N–H and O–H groups in total. The standard InChI is InChI=1S/C22H23ClN2O3S2/c1-24(30(27,28)19-9-6-17(23)7-10-19)18-8-11-20-16(14-18)15-21(29-20)22(26)25-12-4-2-3-5-13-25/h6-11,14-15H,2-5,12-13H2,1H3. The van der Waals surface area contributed by atoms with Crippen LogP contribution < -0.4 is 4.31 Å². The van der Waals surface area contributed by atoms with Crippen LogP contribution in [-0.2, 0) is 10.0 Å². The average molecular weight is 463 g/mol. The van der Waals surface area contributed by atoms with Gasteiger partial charge >= 0.3 is 0 Å². The number of anilines is 1. The Bertz CT molecular complexity index is 1160. The van der Waals surface area contributed by atoms with Crippen LogP contribution >= 0.6 is 22.9 Å². The summed E-state index contributed by atoms with van der Waals surface area (Å²) in [6.07, 6.45) is 4.45. The highest BCUT2D eigenvalue weighted by atomic mass is 35.5. The van der Waals surface area contributed by atoms with Gasteiger partial charge in [0.15, 0.2) is 0 Å². The van der Waals surface area contributed by atoms with Crippen molar-refractivity contribution in [2.75, 3.05) is 24.4 Å². The van der Waals surface area contributed by atoms with Crippen molar-refractivity contribution < 1.29 is 13.2 Å². The molecule has 30 heavy (non-hydrogen) atoms. The van der Waals surface area contributed by atoms with Crippen molar-refractivity contribution in [2.24, 2.45) is 0 Å². The summed E-state index contributed by atoms with van der Waals surface area (Å²) in [5, 5.41) is 1.35. The lowest BCUT2D eigenvalue weighted by Crippen LogP contribution is -2.31. The molecule has 5 nitrogen and oxygen atoms in total. The number of halogens is 1. The van der Waals surface area contributed by atoms with E-state index in [1.807, 2.05) is 23.1 Å². The fourth-order valence-corrected chi connectivity index (χ4v) is 5.99. The summed E-state index contributed by atoms with van der Waals surface area (Å²) in [7, 11) is -2.18. The number of hydrogen-bond donors (Lipinski definition) is 0. The number of carbonyl (C=O) groups is 1. The maximum absolute atomic E-state index is 13.0. The van der Waals surface area contributed by atoms with Crippen LogP contribution in [0.5, 0.6) is 0 Å². The summed E-state index contributed by atoms with van der Waals surface area (Å²) < 4.78 is 28.1. The van der Waals surface area contributed by atoms with Gasteiger partial charge in [-0.2, -0.15) is 0 Å². The highest BCUT2D eigenvalue weighted by Gasteiger charge is 2.23. The Hall–Kier alpha value is -2.09. The molecule has 1 aliphatic heterocycles. The molecule has 0 unspecified atom stereocenters. The normalized spacial score (nSPS) is 15.2. The predicted octanol–water partition coefficient (Wildman–Crippen LogP) is 5.40. The van der Waals surface area contributed by atoms with E-state index in [1.165, 1.54) is 47.7 Å². The number of sulfonamides is 1. The van der Waals surface area contributed by atoms with E-state index in [2.05, 4.69) is 0 Å². The van der Waals surface area contributed by atoms with Crippen molar-refractivity contribution in [3.05, 3.63) is 58.4 Å². The van der Waals surface area contributed by atoms with Crippen LogP contribution in [0.1, 0.15) is 35.4 Å². The first-order valence-electron chi connectivity index (χ1n) is 9.94. The second-order valence-corrected chi connectivity index (χ2v) is 11.0. The summed E-state index contributed by atoms with van der Waals surface area (Å²) in [6, 6.07) is 13.5. The first-order valence-corrected chi connectivity index (χ1v) is 12.6. The van der Waals surface area contributed by atoms with E-state index in [0.29, 0.717) is 15.6 Å². The fraction of sp³-hybridized carbons (Fsp3) is 0.318. The van der Waals surface area contributed by atoms with Gasteiger partial charge in [-0.3, -0.25) is 9.10 Å². The number of nitrogens with zero attached hydrogens (tertiary/aromatic N) is 2. The second-order valence-electron chi connectivity index (χ2n) is 7.47. The number of carbonyl (C=O) groups excluding carboxylic acids is 1. The lowest BCUT2D eigenvalue weighted by molar-refractivity contribution is 0.0766. The molecule has 1 aliphatic rings. The maximum Gasteiger partial charge on any atom is 0.264 e. The molecule has 1 aromatic heterocycles. The zero-order valence-electron chi connectivity index (χ0n) is 16.7. The van der Waals surface area contributed by atoms with Crippen molar-refractivity contribution in [1.82, 2.24) is 4.90 Å². The Morgan fingerprint density at radius 1 is 1.00 bits per heavy atom. The first kappa shape index (κ1) is 21.2. The topological polar surface area (TPSA) is 57.7 Å². The Balaban J connectivity index is 1.61. The molecule has 0 saturated carbocycles. The van der Waals surface area contributed by atoms with E-state index >= 15 is 0 Å². The van der Waals surface area contributed by atoms with Crippen LogP contribution in [0, 0.1) is 0 Å². The summed E-state index contributed by atoms with van der Waals surface area (Å²) in [5.41, 5.74) is 0.545. The van der Waals surface area contributed by atoms with Gasteiger partial charge in [-0.25, -0.2) is 8.42 Å². The molecule has 0 aliphatic carbocycles. The number of fused-ring (bicyclic) bond motifs is 1. The van der Waals surface area contributed by atoms with Crippen molar-refractivity contribution in [3.63, 3.8) is 0 Å². The minimum atomic E-state index is -3.71. The van der Waals surface area contributed by atoms with Gasteiger partial charge < -0.3 is 4.90 Å². The quantitative estimate of drug-likeness (QED) is 0.521. The van der Waals surface area contributed by atoms with Crippen molar-refractivity contribution in [1.29, 1.82) is 0 Å². The van der Waals surface area contributed by atoms with Crippen molar-refractivity contribution >= 4 is 54.6 Å². The van der Waals surface area contributed by atoms with E-state index < -0.39 is 10.0 Å². The molecule has 1 fully saturated rings. The predicted molar refractivity (Wildman–Crippen MR) is 123 cm³/mol. The smallest absolute Gasteiger partial charge is 0.264 e. The zero-order chi connectivity index (χ0) is 21.3. The van der Waals surface area contributed by atoms with E-state index in [1.54, 1.807) is 18.2 Å². The third kappa shape index (κ3) is 4.19. The maximum atomic E-state index is 13.0. The van der Waals surface area contributed by atoms with Crippen LogP contribution in [0.4, 0.5) is 5.69 Å². The Morgan fingerprint density at radius 2 is 1.67 bits per heavy atom. The first-order chi connectivity index (χ1) is 14.4. The van der Waals surface area contributed by atoms with Gasteiger partial charge in [-0.05, 0) is 66.8 Å². The molecule has 2 heterocycles. The van der Waals surface area contributed by atoms with E-state index in [-0.39, 0.29) is 10.8 Å². The molecule has 4 rings (SSSR count). The zero-order valence-corrected chi connectivity index (χ0v) is 19.1. The van der Waals surface area contributed by atoms with Crippen LogP contribution in [0.3, 0.4) is 0 Å². The molecule has 0 bridgehead atoms. The molecule has 3 aromatic rings. The molecule has 1 amide bonds. The molecule has 158 valence electrons. The average Bonchev–Trinajstić information content (AvgIpc) is 2.97. The highest BCUT2D eigenvalue weighted by molar-refractivity contribution is 7.92. The number of amides is 1. The molecule has 0 atom stereocenters. The van der Waals surface area contributed by atoms with Gasteiger partial charge in [-0.1, -0.05) is 24.4 Å². The third-order valence-corrected chi connectivity index (χ3v) is 8.60. The van der Waals surface area contributed by atoms with Crippen molar-refractivity contribution in [3.8, 4) is 0 Å². The summed E-state index contributed by atoms with van der Waals surface area (Å²) in [4.78, 5) is 15.8. The Kier molecular flexibility index (Phi) is 6.04. The molecular formula is C22H23ClN2O3S2. The van der Waals surface area contributed by atoms with Crippen LogP contribution in [0.15, 0.2) is 53.4 Å². The molecule has 2 aromatic carbocycles. The summed E-state index contributed by atoms with van der Waals surface area (Å²) in [6.45, 7) is 1.61. The van der Waals surface area contributed by atoms with Gasteiger partial charge in [-0.15, -0.1) is 11.3 Å². The lowest BCUT2D eigenvalue weighted by Gasteiger charge is -2.19. The summed E-state index contributed by atoms with van der Waals surface area (Å²) >= 11 is 7.34. The van der Waals surface area contributed by atoms with Gasteiger partial charge in [0.25, 0.3) is 15.9 Å². The fourth-order valence-electron chi connectivity index (χ4n) is 3.67. The molecule has 8 heteroatoms. The van der Waals surface area contributed by atoms with E-state index in [4.69, 9.17) is 11.6 Å². The third-order valence-electron chi connectivity index (χ3n) is 5.44. The van der Waals surface area contributed by atoms with Crippen LogP contribution in [-0.4, -0.2) is 39.4 Å². The van der Waals surface area contributed by atoms with E-state index in [9.17, 15) is 13.2 Å². The second kappa shape index (κ2) is 8.57. The molecule has 0 spiro atoms. The molecule has 0 radical (unpaired) electrons. The Labute approximate surface area is 185 Å². The number of hydrogen-bond acceptors (Lipinski definition) is 4. The number of rotatable bonds is 4. The lowest BCUT2D eigenvalue weighted by atomic mass is 10.2. The Morgan fingerprint density at radius 3 is 2.33 bits per heavy atom. The van der Waals surface area contributed by atoms with Crippen LogP contribution in [0.2, 0.25) is 5.02 Å². The number of thiophene rings is 1. The van der Waals surface area contributed by atoms with E-state index in [0.717, 1.165) is 36.0 Å².